The Morgan fingerprint density at radius 2 is 2.25 bits per heavy atom. The summed E-state index contributed by atoms with van der Waals surface area (Å²) in [5.74, 6) is 1.43. The topological polar surface area (TPSA) is 54.4 Å². The van der Waals surface area contributed by atoms with Gasteiger partial charge in [0.1, 0.15) is 0 Å². The lowest BCUT2D eigenvalue weighted by atomic mass is 10.2. The molecule has 1 aromatic rings. The molecule has 0 bridgehead atoms. The molecule has 88 valence electrons. The molecule has 1 aromatic carbocycles. The van der Waals surface area contributed by atoms with Gasteiger partial charge in [0.05, 0.1) is 16.4 Å². The first-order chi connectivity index (χ1) is 7.65. The minimum absolute atomic E-state index is 0.189. The number of hydrogen-bond acceptors (Lipinski definition) is 3. The van der Waals surface area contributed by atoms with E-state index in [0.29, 0.717) is 10.6 Å². The Morgan fingerprint density at radius 3 is 2.88 bits per heavy atom. The molecule has 0 saturated heterocycles. The van der Waals surface area contributed by atoms with Crippen molar-refractivity contribution in [3.63, 3.8) is 0 Å². The maximum absolute atomic E-state index is 11.8. The normalized spacial score (nSPS) is 12.3. The lowest BCUT2D eigenvalue weighted by Crippen LogP contribution is -2.03. The van der Waals surface area contributed by atoms with Gasteiger partial charge in [-0.3, -0.25) is 4.21 Å². The van der Waals surface area contributed by atoms with Gasteiger partial charge in [-0.15, -0.1) is 0 Å². The van der Waals surface area contributed by atoms with Crippen LogP contribution in [0.3, 0.4) is 0 Å². The van der Waals surface area contributed by atoms with Gasteiger partial charge in [-0.25, -0.2) is 4.79 Å². The first kappa shape index (κ1) is 13.3. The molecule has 16 heavy (non-hydrogen) atoms. The molecule has 1 unspecified atom stereocenters. The van der Waals surface area contributed by atoms with E-state index in [2.05, 4.69) is 6.92 Å². The van der Waals surface area contributed by atoms with Gasteiger partial charge in [0.2, 0.25) is 0 Å². The van der Waals surface area contributed by atoms with Crippen LogP contribution in [0.15, 0.2) is 29.2 Å². The average molecular weight is 258 g/mol. The Kier molecular flexibility index (Phi) is 5.55. The van der Waals surface area contributed by atoms with Gasteiger partial charge in [-0.2, -0.15) is 11.8 Å². The highest BCUT2D eigenvalue weighted by Gasteiger charge is 2.07. The van der Waals surface area contributed by atoms with Crippen molar-refractivity contribution in [2.75, 3.05) is 17.3 Å². The van der Waals surface area contributed by atoms with Crippen molar-refractivity contribution in [2.24, 2.45) is 0 Å². The van der Waals surface area contributed by atoms with Crippen molar-refractivity contribution in [1.29, 1.82) is 0 Å². The maximum atomic E-state index is 11.8. The number of rotatable bonds is 6. The average Bonchev–Trinajstić information content (AvgIpc) is 2.29. The minimum atomic E-state index is -1.10. The number of carboxylic acid groups (broad SMARTS) is 1. The van der Waals surface area contributed by atoms with Crippen molar-refractivity contribution in [3.8, 4) is 0 Å². The zero-order chi connectivity index (χ0) is 12.0. The van der Waals surface area contributed by atoms with Crippen LogP contribution in [-0.2, 0) is 10.8 Å². The van der Waals surface area contributed by atoms with E-state index in [9.17, 15) is 9.00 Å². The molecule has 0 spiro atoms. The molecule has 0 aromatic heterocycles. The highest BCUT2D eigenvalue weighted by atomic mass is 32.2. The van der Waals surface area contributed by atoms with E-state index in [-0.39, 0.29) is 5.56 Å². The van der Waals surface area contributed by atoms with Crippen LogP contribution in [-0.4, -0.2) is 32.5 Å². The molecule has 1 N–H and O–H groups in total. The van der Waals surface area contributed by atoms with Crippen LogP contribution in [0.2, 0.25) is 0 Å². The molecule has 1 atom stereocenters. The van der Waals surface area contributed by atoms with E-state index in [1.165, 1.54) is 12.1 Å². The summed E-state index contributed by atoms with van der Waals surface area (Å²) in [6, 6.07) is 6.32. The fourth-order valence-electron chi connectivity index (χ4n) is 1.17. The van der Waals surface area contributed by atoms with E-state index in [4.69, 9.17) is 5.11 Å². The van der Waals surface area contributed by atoms with E-state index in [0.717, 1.165) is 11.5 Å². The van der Waals surface area contributed by atoms with E-state index < -0.39 is 16.8 Å². The molecular formula is C11H14O3S2. The molecule has 0 fully saturated rings. The van der Waals surface area contributed by atoms with Gasteiger partial charge >= 0.3 is 5.97 Å². The monoisotopic (exact) mass is 258 g/mol. The molecule has 0 heterocycles. The van der Waals surface area contributed by atoms with Gasteiger partial charge < -0.3 is 5.11 Å². The zero-order valence-electron chi connectivity index (χ0n) is 9.01. The second-order valence-corrected chi connectivity index (χ2v) is 6.04. The van der Waals surface area contributed by atoms with E-state index in [1.54, 1.807) is 23.9 Å². The largest absolute Gasteiger partial charge is 0.478 e. The second kappa shape index (κ2) is 6.70. The number of benzene rings is 1. The van der Waals surface area contributed by atoms with Crippen LogP contribution < -0.4 is 0 Å². The predicted molar refractivity (Wildman–Crippen MR) is 67.7 cm³/mol. The van der Waals surface area contributed by atoms with Crippen molar-refractivity contribution < 1.29 is 14.1 Å². The molecular weight excluding hydrogens is 244 g/mol. The summed E-state index contributed by atoms with van der Waals surface area (Å²) in [5.41, 5.74) is 0.189. The summed E-state index contributed by atoms with van der Waals surface area (Å²) in [5, 5.41) is 8.80. The van der Waals surface area contributed by atoms with Crippen molar-refractivity contribution in [3.05, 3.63) is 29.8 Å². The SMILES string of the molecule is CCSCCS(=O)c1cccc(C(=O)O)c1. The Bertz CT molecular complexity index is 391. The fourth-order valence-corrected chi connectivity index (χ4v) is 3.26. The standard InChI is InChI=1S/C11H14O3S2/c1-2-15-6-7-16(14)10-5-3-4-9(8-10)11(12)13/h3-5,8H,2,6-7H2,1H3,(H,12,13). The second-order valence-electron chi connectivity index (χ2n) is 3.08. The summed E-state index contributed by atoms with van der Waals surface area (Å²) in [7, 11) is -1.10. The smallest absolute Gasteiger partial charge is 0.335 e. The highest BCUT2D eigenvalue weighted by Crippen LogP contribution is 2.11. The summed E-state index contributed by atoms with van der Waals surface area (Å²) in [4.78, 5) is 11.3. The Morgan fingerprint density at radius 1 is 1.50 bits per heavy atom. The van der Waals surface area contributed by atoms with Gasteiger partial charge in [0.15, 0.2) is 0 Å². The van der Waals surface area contributed by atoms with Crippen molar-refractivity contribution in [1.82, 2.24) is 0 Å². The molecule has 0 saturated carbocycles. The van der Waals surface area contributed by atoms with Crippen LogP contribution in [0.25, 0.3) is 0 Å². The summed E-state index contributed by atoms with van der Waals surface area (Å²) in [6.07, 6.45) is 0. The predicted octanol–water partition coefficient (Wildman–Crippen LogP) is 2.25. The maximum Gasteiger partial charge on any atom is 0.335 e. The third-order valence-electron chi connectivity index (χ3n) is 1.96. The van der Waals surface area contributed by atoms with Gasteiger partial charge in [-0.05, 0) is 24.0 Å². The molecule has 0 radical (unpaired) electrons. The summed E-state index contributed by atoms with van der Waals surface area (Å²) < 4.78 is 11.8. The van der Waals surface area contributed by atoms with Crippen molar-refractivity contribution >= 4 is 28.5 Å². The first-order valence-electron chi connectivity index (χ1n) is 4.94. The molecule has 0 aliphatic heterocycles. The molecule has 0 aliphatic rings. The van der Waals surface area contributed by atoms with E-state index >= 15 is 0 Å². The Balaban J connectivity index is 2.68. The third-order valence-corrected chi connectivity index (χ3v) is 4.48. The Labute approximate surface area is 102 Å². The molecule has 0 amide bonds. The number of carbonyl (C=O) groups is 1. The van der Waals surface area contributed by atoms with Crippen LogP contribution in [0.4, 0.5) is 0 Å². The molecule has 0 aliphatic carbocycles. The van der Waals surface area contributed by atoms with Crippen LogP contribution in [0, 0.1) is 0 Å². The molecule has 1 rings (SSSR count). The van der Waals surface area contributed by atoms with Crippen LogP contribution >= 0.6 is 11.8 Å². The Hall–Kier alpha value is -0.810. The number of thioether (sulfide) groups is 1. The van der Waals surface area contributed by atoms with E-state index in [1.807, 2.05) is 0 Å². The quantitative estimate of drug-likeness (QED) is 0.795. The number of carboxylic acids is 1. The summed E-state index contributed by atoms with van der Waals surface area (Å²) >= 11 is 1.73. The summed E-state index contributed by atoms with van der Waals surface area (Å²) in [6.45, 7) is 2.05. The van der Waals surface area contributed by atoms with Gasteiger partial charge in [0, 0.05) is 16.4 Å². The first-order valence-corrected chi connectivity index (χ1v) is 7.42. The molecule has 5 heteroatoms. The van der Waals surface area contributed by atoms with Crippen LogP contribution in [0.5, 0.6) is 0 Å². The fraction of sp³-hybridized carbons (Fsp3) is 0.364. The highest BCUT2D eigenvalue weighted by molar-refractivity contribution is 8.00. The molecule has 3 nitrogen and oxygen atoms in total. The lowest BCUT2D eigenvalue weighted by Gasteiger charge is -2.02. The van der Waals surface area contributed by atoms with Gasteiger partial charge in [0.25, 0.3) is 0 Å². The van der Waals surface area contributed by atoms with Gasteiger partial charge in [-0.1, -0.05) is 13.0 Å². The number of hydrogen-bond donors (Lipinski definition) is 1. The van der Waals surface area contributed by atoms with Crippen molar-refractivity contribution in [2.45, 2.75) is 11.8 Å². The third kappa shape index (κ3) is 3.98. The van der Waals surface area contributed by atoms with Crippen LogP contribution in [0.1, 0.15) is 17.3 Å². The number of aromatic carboxylic acids is 1. The minimum Gasteiger partial charge on any atom is -0.478 e. The lowest BCUT2D eigenvalue weighted by molar-refractivity contribution is 0.0696. The zero-order valence-corrected chi connectivity index (χ0v) is 10.6.